The second-order valence-corrected chi connectivity index (χ2v) is 6.66. The Labute approximate surface area is 129 Å². The summed E-state index contributed by atoms with van der Waals surface area (Å²) in [5, 5.41) is 1.00. The summed E-state index contributed by atoms with van der Waals surface area (Å²) >= 11 is 3.26. The van der Waals surface area contributed by atoms with Crippen molar-refractivity contribution in [2.75, 3.05) is 6.54 Å². The zero-order valence-electron chi connectivity index (χ0n) is 11.7. The molecule has 2 rings (SSSR count). The van der Waals surface area contributed by atoms with Crippen LogP contribution in [-0.2, 0) is 11.2 Å². The van der Waals surface area contributed by atoms with Crippen LogP contribution in [0.3, 0.4) is 0 Å². The van der Waals surface area contributed by atoms with E-state index in [0.29, 0.717) is 10.0 Å². The number of halogens is 4. The number of benzene rings is 1. The van der Waals surface area contributed by atoms with Gasteiger partial charge in [-0.05, 0) is 31.9 Å². The van der Waals surface area contributed by atoms with Gasteiger partial charge in [-0.25, -0.2) is 5.01 Å². The van der Waals surface area contributed by atoms with Gasteiger partial charge in [0, 0.05) is 11.0 Å². The molecule has 3 nitrogen and oxygen atoms in total. The van der Waals surface area contributed by atoms with E-state index in [-0.39, 0.29) is 18.9 Å². The Morgan fingerprint density at radius 3 is 2.48 bits per heavy atom. The fraction of sp³-hybridized carbons (Fsp3) is 0.500. The lowest BCUT2D eigenvalue weighted by Crippen LogP contribution is -2.51. The quantitative estimate of drug-likeness (QED) is 0.892. The molecule has 1 aliphatic heterocycles. The third kappa shape index (κ3) is 3.58. The van der Waals surface area contributed by atoms with Gasteiger partial charge in [0.05, 0.1) is 5.41 Å². The average Bonchev–Trinajstić information content (AvgIpc) is 2.61. The van der Waals surface area contributed by atoms with Crippen molar-refractivity contribution in [3.63, 3.8) is 0 Å². The zero-order valence-corrected chi connectivity index (χ0v) is 13.3. The number of hydrogen-bond donors (Lipinski definition) is 1. The maximum Gasteiger partial charge on any atom is 0.406 e. The average molecular weight is 365 g/mol. The normalized spacial score (nSPS) is 20.4. The van der Waals surface area contributed by atoms with E-state index in [1.807, 2.05) is 0 Å². The third-order valence-electron chi connectivity index (χ3n) is 3.55. The Bertz CT molecular complexity index is 545. The molecule has 1 heterocycles. The fourth-order valence-electron chi connectivity index (χ4n) is 2.28. The molecule has 0 bridgehead atoms. The van der Waals surface area contributed by atoms with Crippen LogP contribution < -0.4 is 5.43 Å². The number of alkyl halides is 3. The summed E-state index contributed by atoms with van der Waals surface area (Å²) in [5.41, 5.74) is 2.08. The van der Waals surface area contributed by atoms with Crippen molar-refractivity contribution < 1.29 is 18.0 Å². The molecular weight excluding hydrogens is 349 g/mol. The Morgan fingerprint density at radius 1 is 1.38 bits per heavy atom. The van der Waals surface area contributed by atoms with Gasteiger partial charge in [-0.3, -0.25) is 10.2 Å². The van der Waals surface area contributed by atoms with Crippen LogP contribution in [0.2, 0.25) is 0 Å². The highest BCUT2D eigenvalue weighted by atomic mass is 79.9. The molecule has 0 saturated carbocycles. The molecule has 0 radical (unpaired) electrons. The van der Waals surface area contributed by atoms with E-state index in [1.54, 1.807) is 38.1 Å². The zero-order chi connectivity index (χ0) is 15.8. The predicted octanol–water partition coefficient (Wildman–Crippen LogP) is 3.30. The molecule has 116 valence electrons. The lowest BCUT2D eigenvalue weighted by atomic mass is 9.94. The van der Waals surface area contributed by atoms with E-state index in [9.17, 15) is 18.0 Å². The summed E-state index contributed by atoms with van der Waals surface area (Å²) in [4.78, 5) is 11.7. The van der Waals surface area contributed by atoms with E-state index >= 15 is 0 Å². The molecule has 1 fully saturated rings. The highest BCUT2D eigenvalue weighted by Gasteiger charge is 2.50. The Balaban J connectivity index is 2.25. The molecule has 0 unspecified atom stereocenters. The van der Waals surface area contributed by atoms with E-state index in [4.69, 9.17) is 0 Å². The molecule has 0 aromatic heterocycles. The van der Waals surface area contributed by atoms with Crippen LogP contribution >= 0.6 is 15.9 Å². The highest BCUT2D eigenvalue weighted by molar-refractivity contribution is 9.10. The minimum atomic E-state index is -4.43. The van der Waals surface area contributed by atoms with Gasteiger partial charge < -0.3 is 0 Å². The second kappa shape index (κ2) is 5.61. The van der Waals surface area contributed by atoms with Gasteiger partial charge in [-0.1, -0.05) is 34.1 Å². The smallest absolute Gasteiger partial charge is 0.288 e. The molecule has 1 aliphatic rings. The molecule has 1 saturated heterocycles. The number of hydrazine groups is 1. The van der Waals surface area contributed by atoms with Crippen molar-refractivity contribution in [3.05, 3.63) is 34.3 Å². The fourth-order valence-corrected chi connectivity index (χ4v) is 2.73. The van der Waals surface area contributed by atoms with E-state index in [0.717, 1.165) is 5.01 Å². The van der Waals surface area contributed by atoms with Crippen LogP contribution in [0.15, 0.2) is 28.7 Å². The number of rotatable bonds is 3. The van der Waals surface area contributed by atoms with Crippen LogP contribution in [0.1, 0.15) is 19.4 Å². The van der Waals surface area contributed by atoms with E-state index in [1.165, 1.54) is 0 Å². The molecular formula is C14H16BrF3N2O. The number of carbonyl (C=O) groups excluding carboxylic acids is 1. The first-order valence-electron chi connectivity index (χ1n) is 6.49. The van der Waals surface area contributed by atoms with Gasteiger partial charge in [0.2, 0.25) is 5.91 Å². The van der Waals surface area contributed by atoms with Crippen molar-refractivity contribution in [2.45, 2.75) is 32.5 Å². The maximum absolute atomic E-state index is 13.4. The minimum absolute atomic E-state index is 0.0282. The summed E-state index contributed by atoms with van der Waals surface area (Å²) in [6, 6.07) is 5.04. The summed E-state index contributed by atoms with van der Waals surface area (Å²) in [6.07, 6.45) is -4.65. The molecule has 1 aromatic carbocycles. The van der Waals surface area contributed by atoms with Crippen LogP contribution in [-0.4, -0.2) is 29.7 Å². The summed E-state index contributed by atoms with van der Waals surface area (Å²) in [7, 11) is 0. The standard InChI is InChI=1S/C14H16BrF3N2O/c1-13(2)8-20(19-12(13)21)11(14(16,17)18)7-9-5-3-4-6-10(9)15/h3-6,11H,7-8H2,1-2H3,(H,19,21)/t11-/m0/s1. The Kier molecular flexibility index (Phi) is 4.35. The Morgan fingerprint density at radius 2 is 2.00 bits per heavy atom. The van der Waals surface area contributed by atoms with Crippen molar-refractivity contribution >= 4 is 21.8 Å². The van der Waals surface area contributed by atoms with Gasteiger partial charge in [0.15, 0.2) is 0 Å². The summed E-state index contributed by atoms with van der Waals surface area (Å²) in [5.74, 6) is -0.385. The van der Waals surface area contributed by atoms with Crippen molar-refractivity contribution in [2.24, 2.45) is 5.41 Å². The predicted molar refractivity (Wildman–Crippen MR) is 76.3 cm³/mol. The summed E-state index contributed by atoms with van der Waals surface area (Å²) < 4.78 is 40.7. The molecule has 1 aromatic rings. The highest BCUT2D eigenvalue weighted by Crippen LogP contribution is 2.33. The van der Waals surface area contributed by atoms with Gasteiger partial charge >= 0.3 is 6.18 Å². The molecule has 1 N–H and O–H groups in total. The van der Waals surface area contributed by atoms with Crippen LogP contribution in [0.25, 0.3) is 0 Å². The molecule has 1 atom stereocenters. The molecule has 1 amide bonds. The van der Waals surface area contributed by atoms with Gasteiger partial charge in [-0.15, -0.1) is 0 Å². The number of nitrogens with one attached hydrogen (secondary N) is 1. The van der Waals surface area contributed by atoms with Gasteiger partial charge in [-0.2, -0.15) is 13.2 Å². The molecule has 0 aliphatic carbocycles. The minimum Gasteiger partial charge on any atom is -0.288 e. The van der Waals surface area contributed by atoms with Crippen molar-refractivity contribution in [3.8, 4) is 0 Å². The van der Waals surface area contributed by atoms with Crippen LogP contribution in [0.4, 0.5) is 13.2 Å². The maximum atomic E-state index is 13.4. The number of amides is 1. The topological polar surface area (TPSA) is 32.3 Å². The second-order valence-electron chi connectivity index (χ2n) is 5.81. The first-order valence-corrected chi connectivity index (χ1v) is 7.28. The van der Waals surface area contributed by atoms with Gasteiger partial charge in [0.1, 0.15) is 6.04 Å². The molecule has 7 heteroatoms. The molecule has 21 heavy (non-hydrogen) atoms. The van der Waals surface area contributed by atoms with Crippen molar-refractivity contribution in [1.29, 1.82) is 0 Å². The summed E-state index contributed by atoms with van der Waals surface area (Å²) in [6.45, 7) is 3.29. The first kappa shape index (κ1) is 16.3. The van der Waals surface area contributed by atoms with Crippen LogP contribution in [0.5, 0.6) is 0 Å². The lowest BCUT2D eigenvalue weighted by Gasteiger charge is -2.29. The van der Waals surface area contributed by atoms with Gasteiger partial charge in [0.25, 0.3) is 0 Å². The number of nitrogens with zero attached hydrogens (tertiary/aromatic N) is 1. The van der Waals surface area contributed by atoms with Crippen LogP contribution in [0, 0.1) is 5.41 Å². The number of hydrogen-bond acceptors (Lipinski definition) is 2. The largest absolute Gasteiger partial charge is 0.406 e. The number of carbonyl (C=O) groups is 1. The molecule has 0 spiro atoms. The van der Waals surface area contributed by atoms with Crippen molar-refractivity contribution in [1.82, 2.24) is 10.4 Å². The van der Waals surface area contributed by atoms with E-state index < -0.39 is 17.6 Å². The first-order chi connectivity index (χ1) is 9.61. The SMILES string of the molecule is CC1(C)CN([C@@H](Cc2ccccc2Br)C(F)(F)F)NC1=O. The van der Waals surface area contributed by atoms with E-state index in [2.05, 4.69) is 21.4 Å². The monoisotopic (exact) mass is 364 g/mol. The lowest BCUT2D eigenvalue weighted by molar-refractivity contribution is -0.188. The Hall–Kier alpha value is -1.08. The third-order valence-corrected chi connectivity index (χ3v) is 4.32.